The van der Waals surface area contributed by atoms with Crippen LogP contribution in [0.15, 0.2) is 24.3 Å². The molecule has 4 aliphatic carbocycles. The third-order valence-corrected chi connectivity index (χ3v) is 6.36. The fraction of sp³-hybridized carbons (Fsp3) is 0.571. The van der Waals surface area contributed by atoms with Gasteiger partial charge in [0.15, 0.2) is 6.10 Å². The van der Waals surface area contributed by atoms with Gasteiger partial charge in [-0.25, -0.2) is 4.79 Å². The summed E-state index contributed by atoms with van der Waals surface area (Å²) in [6, 6.07) is 6.19. The highest BCUT2D eigenvalue weighted by atomic mass is 16.5. The second kappa shape index (κ2) is 6.53. The normalized spacial score (nSPS) is 32.7. The van der Waals surface area contributed by atoms with E-state index in [1.54, 1.807) is 19.1 Å². The second-order valence-electron chi connectivity index (χ2n) is 8.47. The molecule has 1 aromatic rings. The van der Waals surface area contributed by atoms with E-state index in [0.29, 0.717) is 11.1 Å². The molecule has 0 heterocycles. The fourth-order valence-electron chi connectivity index (χ4n) is 5.61. The van der Waals surface area contributed by atoms with Gasteiger partial charge < -0.3 is 10.1 Å². The van der Waals surface area contributed by atoms with E-state index in [4.69, 9.17) is 4.74 Å². The number of rotatable bonds is 5. The summed E-state index contributed by atoms with van der Waals surface area (Å²) < 4.78 is 5.35. The minimum Gasteiger partial charge on any atom is -0.449 e. The first-order chi connectivity index (χ1) is 12.5. The van der Waals surface area contributed by atoms with Crippen molar-refractivity contribution in [2.75, 3.05) is 0 Å². The molecule has 4 saturated carbocycles. The smallest absolute Gasteiger partial charge is 0.338 e. The molecule has 0 saturated heterocycles. The van der Waals surface area contributed by atoms with Gasteiger partial charge in [0.1, 0.15) is 6.29 Å². The van der Waals surface area contributed by atoms with Crippen LogP contribution >= 0.6 is 0 Å². The summed E-state index contributed by atoms with van der Waals surface area (Å²) in [5.74, 6) is 1.49. The lowest BCUT2D eigenvalue weighted by molar-refractivity contribution is -0.134. The lowest BCUT2D eigenvalue weighted by atomic mass is 9.53. The first kappa shape index (κ1) is 17.3. The Kier molecular flexibility index (Phi) is 4.33. The first-order valence-electron chi connectivity index (χ1n) is 9.54. The number of carbonyl (C=O) groups excluding carboxylic acids is 3. The van der Waals surface area contributed by atoms with Crippen molar-refractivity contribution in [3.63, 3.8) is 0 Å². The Balaban J connectivity index is 1.37. The number of esters is 1. The average molecular weight is 355 g/mol. The lowest BCUT2D eigenvalue weighted by Crippen LogP contribution is -2.61. The number of hydrogen-bond donors (Lipinski definition) is 1. The van der Waals surface area contributed by atoms with Gasteiger partial charge >= 0.3 is 5.97 Å². The van der Waals surface area contributed by atoms with Gasteiger partial charge in [-0.15, -0.1) is 0 Å². The van der Waals surface area contributed by atoms with Crippen molar-refractivity contribution in [3.05, 3.63) is 35.4 Å². The summed E-state index contributed by atoms with van der Waals surface area (Å²) in [5, 5.41) is 3.24. The predicted molar refractivity (Wildman–Crippen MR) is 95.8 cm³/mol. The summed E-state index contributed by atoms with van der Waals surface area (Å²) in [6.45, 7) is 1.62. The molecule has 4 aliphatic rings. The topological polar surface area (TPSA) is 72.5 Å². The van der Waals surface area contributed by atoms with Crippen LogP contribution in [0.4, 0.5) is 0 Å². The van der Waals surface area contributed by atoms with Gasteiger partial charge in [0, 0.05) is 11.1 Å². The summed E-state index contributed by atoms with van der Waals surface area (Å²) in [7, 11) is 0. The largest absolute Gasteiger partial charge is 0.449 e. The predicted octanol–water partition coefficient (Wildman–Crippen LogP) is 3.13. The molecule has 5 nitrogen and oxygen atoms in total. The quantitative estimate of drug-likeness (QED) is 0.651. The summed E-state index contributed by atoms with van der Waals surface area (Å²) in [5.41, 5.74) is 0.747. The van der Waals surface area contributed by atoms with Crippen LogP contribution in [0.3, 0.4) is 0 Å². The van der Waals surface area contributed by atoms with E-state index < -0.39 is 12.1 Å². The number of carbonyl (C=O) groups is 3. The van der Waals surface area contributed by atoms with Crippen molar-refractivity contribution in [2.24, 2.45) is 17.8 Å². The van der Waals surface area contributed by atoms with E-state index in [-0.39, 0.29) is 11.4 Å². The van der Waals surface area contributed by atoms with Crippen LogP contribution < -0.4 is 5.32 Å². The Morgan fingerprint density at radius 3 is 2.12 bits per heavy atom. The molecule has 0 aromatic heterocycles. The summed E-state index contributed by atoms with van der Waals surface area (Å²) >= 11 is 0. The van der Waals surface area contributed by atoms with Gasteiger partial charge in [-0.2, -0.15) is 0 Å². The van der Waals surface area contributed by atoms with Crippen LogP contribution in [-0.4, -0.2) is 29.8 Å². The van der Waals surface area contributed by atoms with E-state index in [9.17, 15) is 14.4 Å². The molecule has 5 heteroatoms. The number of benzene rings is 1. The standard InChI is InChI=1S/C21H25NO4/c1-13(26-20(25)18-4-2-14(12-23)3-5-18)19(24)22-21-9-15-6-16(10-21)8-17(7-15)11-21/h2-5,12-13,15-17H,6-11H2,1H3,(H,22,24)/t13-,15?,16?,17?,21?/m1/s1. The molecule has 4 fully saturated rings. The number of nitrogens with one attached hydrogen (secondary N) is 1. The van der Waals surface area contributed by atoms with Crippen LogP contribution in [-0.2, 0) is 9.53 Å². The fourth-order valence-corrected chi connectivity index (χ4v) is 5.61. The Hall–Kier alpha value is -2.17. The molecule has 4 bridgehead atoms. The molecule has 0 unspecified atom stereocenters. The van der Waals surface area contributed by atoms with Gasteiger partial charge in [-0.1, -0.05) is 12.1 Å². The van der Waals surface area contributed by atoms with Crippen molar-refractivity contribution >= 4 is 18.2 Å². The highest BCUT2D eigenvalue weighted by Crippen LogP contribution is 2.55. The highest BCUT2D eigenvalue weighted by Gasteiger charge is 2.51. The minimum atomic E-state index is -0.832. The molecule has 1 atom stereocenters. The van der Waals surface area contributed by atoms with Crippen LogP contribution in [0.5, 0.6) is 0 Å². The van der Waals surface area contributed by atoms with E-state index >= 15 is 0 Å². The monoisotopic (exact) mass is 355 g/mol. The maximum atomic E-state index is 12.7. The highest BCUT2D eigenvalue weighted by molar-refractivity contribution is 5.93. The number of aldehydes is 1. The van der Waals surface area contributed by atoms with Crippen molar-refractivity contribution in [1.29, 1.82) is 0 Å². The number of ether oxygens (including phenoxy) is 1. The molecule has 0 radical (unpaired) electrons. The minimum absolute atomic E-state index is 0.0852. The molecule has 1 aromatic carbocycles. The van der Waals surface area contributed by atoms with Crippen molar-refractivity contribution in [2.45, 2.75) is 57.1 Å². The van der Waals surface area contributed by atoms with E-state index in [2.05, 4.69) is 5.32 Å². The molecular formula is C21H25NO4. The maximum absolute atomic E-state index is 12.7. The van der Waals surface area contributed by atoms with Gasteiger partial charge in [0.2, 0.25) is 0 Å². The van der Waals surface area contributed by atoms with Crippen LogP contribution in [0, 0.1) is 17.8 Å². The number of amides is 1. The third-order valence-electron chi connectivity index (χ3n) is 6.36. The van der Waals surface area contributed by atoms with Gasteiger partial charge in [0.25, 0.3) is 5.91 Å². The van der Waals surface area contributed by atoms with Gasteiger partial charge in [-0.3, -0.25) is 9.59 Å². The van der Waals surface area contributed by atoms with Crippen molar-refractivity contribution < 1.29 is 19.1 Å². The van der Waals surface area contributed by atoms with Crippen LogP contribution in [0.25, 0.3) is 0 Å². The lowest BCUT2D eigenvalue weighted by Gasteiger charge is -2.57. The summed E-state index contributed by atoms with van der Waals surface area (Å²) in [6.07, 6.45) is 7.04. The first-order valence-corrected chi connectivity index (χ1v) is 9.54. The molecule has 5 rings (SSSR count). The molecule has 1 amide bonds. The van der Waals surface area contributed by atoms with E-state index in [1.807, 2.05) is 0 Å². The Morgan fingerprint density at radius 1 is 1.08 bits per heavy atom. The molecule has 0 aliphatic heterocycles. The van der Waals surface area contributed by atoms with Crippen LogP contribution in [0.1, 0.15) is 66.2 Å². The van der Waals surface area contributed by atoms with Crippen molar-refractivity contribution in [3.8, 4) is 0 Å². The Bertz CT molecular complexity index is 689. The maximum Gasteiger partial charge on any atom is 0.338 e. The second-order valence-corrected chi connectivity index (χ2v) is 8.47. The van der Waals surface area contributed by atoms with Gasteiger partial charge in [0.05, 0.1) is 5.56 Å². The molecular weight excluding hydrogens is 330 g/mol. The number of hydrogen-bond acceptors (Lipinski definition) is 4. The Labute approximate surface area is 153 Å². The van der Waals surface area contributed by atoms with E-state index in [0.717, 1.165) is 43.3 Å². The molecule has 138 valence electrons. The third kappa shape index (κ3) is 3.27. The van der Waals surface area contributed by atoms with E-state index in [1.165, 1.54) is 31.4 Å². The molecule has 0 spiro atoms. The Morgan fingerprint density at radius 2 is 1.62 bits per heavy atom. The average Bonchev–Trinajstić information content (AvgIpc) is 2.60. The van der Waals surface area contributed by atoms with Crippen molar-refractivity contribution in [1.82, 2.24) is 5.32 Å². The molecule has 1 N–H and O–H groups in total. The SMILES string of the molecule is C[C@@H](OC(=O)c1ccc(C=O)cc1)C(=O)NC12CC3CC(CC(C3)C1)C2. The zero-order chi connectivity index (χ0) is 18.3. The van der Waals surface area contributed by atoms with Gasteiger partial charge in [-0.05, 0) is 75.3 Å². The zero-order valence-electron chi connectivity index (χ0n) is 15.1. The zero-order valence-corrected chi connectivity index (χ0v) is 15.1. The van der Waals surface area contributed by atoms with Crippen LogP contribution in [0.2, 0.25) is 0 Å². The summed E-state index contributed by atoms with van der Waals surface area (Å²) in [4.78, 5) is 35.6. The molecule has 26 heavy (non-hydrogen) atoms.